The molecule has 20 heavy (non-hydrogen) atoms. The average molecular weight is 273 g/mol. The second-order valence-corrected chi connectivity index (χ2v) is 4.81. The van der Waals surface area contributed by atoms with Crippen LogP contribution < -0.4 is 5.32 Å². The molecular weight excluding hydrogens is 254 g/mol. The summed E-state index contributed by atoms with van der Waals surface area (Å²) in [6, 6.07) is 14.3. The molecule has 2 aromatic carbocycles. The molecule has 0 aliphatic carbocycles. The Morgan fingerprint density at radius 1 is 0.900 bits per heavy atom. The van der Waals surface area contributed by atoms with Gasteiger partial charge < -0.3 is 20.6 Å². The molecule has 4 nitrogen and oxygen atoms in total. The van der Waals surface area contributed by atoms with E-state index < -0.39 is 0 Å². The molecule has 0 fully saturated rings. The lowest BCUT2D eigenvalue weighted by Crippen LogP contribution is -2.34. The van der Waals surface area contributed by atoms with E-state index in [4.69, 9.17) is 0 Å². The monoisotopic (exact) mass is 273 g/mol. The van der Waals surface area contributed by atoms with Gasteiger partial charge in [-0.1, -0.05) is 30.3 Å². The van der Waals surface area contributed by atoms with E-state index in [9.17, 15) is 15.3 Å². The molecule has 0 heterocycles. The van der Waals surface area contributed by atoms with Crippen LogP contribution in [-0.2, 0) is 13.0 Å². The number of benzene rings is 2. The third-order valence-corrected chi connectivity index (χ3v) is 3.10. The Morgan fingerprint density at radius 2 is 1.55 bits per heavy atom. The van der Waals surface area contributed by atoms with Gasteiger partial charge in [0, 0.05) is 18.7 Å². The van der Waals surface area contributed by atoms with E-state index >= 15 is 0 Å². The fourth-order valence-corrected chi connectivity index (χ4v) is 2.12. The van der Waals surface area contributed by atoms with E-state index in [1.54, 1.807) is 12.1 Å². The highest BCUT2D eigenvalue weighted by atomic mass is 16.3. The van der Waals surface area contributed by atoms with E-state index in [2.05, 4.69) is 5.32 Å². The molecule has 0 spiro atoms. The summed E-state index contributed by atoms with van der Waals surface area (Å²) in [7, 11) is 0. The number of hydrogen-bond acceptors (Lipinski definition) is 4. The van der Waals surface area contributed by atoms with Crippen molar-refractivity contribution in [2.24, 2.45) is 0 Å². The van der Waals surface area contributed by atoms with Crippen LogP contribution in [0, 0.1) is 0 Å². The Morgan fingerprint density at radius 3 is 2.15 bits per heavy atom. The van der Waals surface area contributed by atoms with Crippen molar-refractivity contribution in [1.29, 1.82) is 0 Å². The van der Waals surface area contributed by atoms with E-state index in [-0.39, 0.29) is 24.1 Å². The molecule has 4 heteroatoms. The van der Waals surface area contributed by atoms with Gasteiger partial charge in [-0.25, -0.2) is 0 Å². The van der Waals surface area contributed by atoms with Crippen molar-refractivity contribution in [2.45, 2.75) is 19.0 Å². The van der Waals surface area contributed by atoms with Crippen LogP contribution in [0.1, 0.15) is 11.1 Å². The Balaban J connectivity index is 1.95. The van der Waals surface area contributed by atoms with Crippen molar-refractivity contribution in [3.63, 3.8) is 0 Å². The SMILES string of the molecule is OCC(Cc1cc(O)cc(O)c1)NCc1ccccc1. The topological polar surface area (TPSA) is 72.7 Å². The maximum absolute atomic E-state index is 9.44. The maximum Gasteiger partial charge on any atom is 0.119 e. The highest BCUT2D eigenvalue weighted by molar-refractivity contribution is 5.37. The molecular formula is C16H19NO3. The quantitative estimate of drug-likeness (QED) is 0.647. The molecule has 4 N–H and O–H groups in total. The minimum atomic E-state index is -0.128. The van der Waals surface area contributed by atoms with Gasteiger partial charge in [0.25, 0.3) is 0 Å². The highest BCUT2D eigenvalue weighted by Gasteiger charge is 2.09. The zero-order valence-corrected chi connectivity index (χ0v) is 11.2. The summed E-state index contributed by atoms with van der Waals surface area (Å²) in [5.74, 6) is 0.0551. The number of aromatic hydroxyl groups is 2. The smallest absolute Gasteiger partial charge is 0.119 e. The van der Waals surface area contributed by atoms with Gasteiger partial charge >= 0.3 is 0 Å². The summed E-state index contributed by atoms with van der Waals surface area (Å²) in [4.78, 5) is 0. The first-order valence-corrected chi connectivity index (χ1v) is 6.57. The van der Waals surface area contributed by atoms with Crippen LogP contribution in [-0.4, -0.2) is 28.0 Å². The molecule has 0 aliphatic heterocycles. The van der Waals surface area contributed by atoms with Gasteiger partial charge in [-0.05, 0) is 29.7 Å². The van der Waals surface area contributed by atoms with Crippen molar-refractivity contribution >= 4 is 0 Å². The molecule has 1 atom stereocenters. The zero-order chi connectivity index (χ0) is 14.4. The lowest BCUT2D eigenvalue weighted by molar-refractivity contribution is 0.240. The first-order valence-electron chi connectivity index (χ1n) is 6.57. The molecule has 0 aromatic heterocycles. The summed E-state index contributed by atoms with van der Waals surface area (Å²) in [5.41, 5.74) is 1.92. The highest BCUT2D eigenvalue weighted by Crippen LogP contribution is 2.21. The Kier molecular flexibility index (Phi) is 4.98. The molecule has 106 valence electrons. The standard InChI is InChI=1S/C16H19NO3/c18-11-14(17-10-12-4-2-1-3-5-12)6-13-7-15(19)9-16(20)8-13/h1-5,7-9,14,17-20H,6,10-11H2. The largest absolute Gasteiger partial charge is 0.508 e. The summed E-state index contributed by atoms with van der Waals surface area (Å²) in [5, 5.41) is 31.6. The molecule has 0 radical (unpaired) electrons. The Hall–Kier alpha value is -2.04. The number of phenols is 2. The molecule has 0 amide bonds. The fourth-order valence-electron chi connectivity index (χ4n) is 2.12. The summed E-state index contributed by atoms with van der Waals surface area (Å²) in [6.45, 7) is 0.653. The van der Waals surface area contributed by atoms with Crippen LogP contribution >= 0.6 is 0 Å². The van der Waals surface area contributed by atoms with Gasteiger partial charge in [-0.15, -0.1) is 0 Å². The number of aliphatic hydroxyl groups excluding tert-OH is 1. The molecule has 2 rings (SSSR count). The number of hydrogen-bond donors (Lipinski definition) is 4. The fraction of sp³-hybridized carbons (Fsp3) is 0.250. The van der Waals surface area contributed by atoms with Crippen molar-refractivity contribution < 1.29 is 15.3 Å². The van der Waals surface area contributed by atoms with Crippen molar-refractivity contribution in [3.8, 4) is 11.5 Å². The maximum atomic E-state index is 9.44. The summed E-state index contributed by atoms with van der Waals surface area (Å²) >= 11 is 0. The number of aliphatic hydroxyl groups is 1. The summed E-state index contributed by atoms with van der Waals surface area (Å²) < 4.78 is 0. The molecule has 0 saturated heterocycles. The second kappa shape index (κ2) is 6.93. The van der Waals surface area contributed by atoms with Crippen LogP contribution in [0.15, 0.2) is 48.5 Å². The normalized spacial score (nSPS) is 12.2. The molecule has 2 aromatic rings. The number of nitrogens with one attached hydrogen (secondary N) is 1. The van der Waals surface area contributed by atoms with Crippen LogP contribution in [0.4, 0.5) is 0 Å². The number of rotatable bonds is 6. The van der Waals surface area contributed by atoms with Crippen LogP contribution in [0.5, 0.6) is 11.5 Å². The minimum Gasteiger partial charge on any atom is -0.508 e. The molecule has 0 bridgehead atoms. The third kappa shape index (κ3) is 4.26. The van der Waals surface area contributed by atoms with Gasteiger partial charge in [-0.3, -0.25) is 0 Å². The first kappa shape index (κ1) is 14.4. The van der Waals surface area contributed by atoms with Crippen molar-refractivity contribution in [1.82, 2.24) is 5.32 Å². The van der Waals surface area contributed by atoms with E-state index in [1.165, 1.54) is 6.07 Å². The first-order chi connectivity index (χ1) is 9.67. The Bertz CT molecular complexity index is 522. The molecule has 1 unspecified atom stereocenters. The van der Waals surface area contributed by atoms with Crippen LogP contribution in [0.25, 0.3) is 0 Å². The lowest BCUT2D eigenvalue weighted by atomic mass is 10.1. The molecule has 0 saturated carbocycles. The zero-order valence-electron chi connectivity index (χ0n) is 11.2. The average Bonchev–Trinajstić information content (AvgIpc) is 2.43. The predicted octanol–water partition coefficient (Wildman–Crippen LogP) is 1.79. The second-order valence-electron chi connectivity index (χ2n) is 4.81. The van der Waals surface area contributed by atoms with E-state index in [0.29, 0.717) is 13.0 Å². The number of phenolic OH excluding ortho intramolecular Hbond substituents is 2. The van der Waals surface area contributed by atoms with E-state index in [1.807, 2.05) is 30.3 Å². The van der Waals surface area contributed by atoms with Crippen LogP contribution in [0.3, 0.4) is 0 Å². The van der Waals surface area contributed by atoms with Crippen LogP contribution in [0.2, 0.25) is 0 Å². The van der Waals surface area contributed by atoms with Gasteiger partial charge in [0.1, 0.15) is 11.5 Å². The van der Waals surface area contributed by atoms with E-state index in [0.717, 1.165) is 11.1 Å². The summed E-state index contributed by atoms with van der Waals surface area (Å²) in [6.07, 6.45) is 0.533. The predicted molar refractivity (Wildman–Crippen MR) is 77.6 cm³/mol. The van der Waals surface area contributed by atoms with Gasteiger partial charge in [-0.2, -0.15) is 0 Å². The lowest BCUT2D eigenvalue weighted by Gasteiger charge is -2.16. The minimum absolute atomic E-state index is 0.0107. The van der Waals surface area contributed by atoms with Gasteiger partial charge in [0.15, 0.2) is 0 Å². The van der Waals surface area contributed by atoms with Gasteiger partial charge in [0.05, 0.1) is 6.61 Å². The third-order valence-electron chi connectivity index (χ3n) is 3.10. The Labute approximate surface area is 118 Å². The van der Waals surface area contributed by atoms with Gasteiger partial charge in [0.2, 0.25) is 0 Å². The van der Waals surface area contributed by atoms with Crippen molar-refractivity contribution in [3.05, 3.63) is 59.7 Å². The van der Waals surface area contributed by atoms with Crippen molar-refractivity contribution in [2.75, 3.05) is 6.61 Å². The molecule has 0 aliphatic rings.